The minimum absolute atomic E-state index is 0. The van der Waals surface area contributed by atoms with Gasteiger partial charge < -0.3 is 9.64 Å². The summed E-state index contributed by atoms with van der Waals surface area (Å²) in [5, 5.41) is 0. The first-order chi connectivity index (χ1) is 11.3. The highest BCUT2D eigenvalue weighted by Crippen LogP contribution is 2.45. The molecule has 0 amide bonds. The highest BCUT2D eigenvalue weighted by Gasteiger charge is 2.48. The standard InChI is InChI=1S/C18H20N4O.ClH/c1-12-2-15-10-22(8-12)9-14(1)18(15)23-17-3-13(4-19-7-17)16-5-20-11-21-6-16;/h3-7,11-12,14-15,18H,1-2,8-10H2;1H/t12?,14-,15-,18?;/m0./s1. The van der Waals surface area contributed by atoms with Crippen LogP contribution in [-0.2, 0) is 0 Å². The molecule has 126 valence electrons. The molecule has 4 fully saturated rings. The molecule has 5 heterocycles. The average Bonchev–Trinajstić information content (AvgIpc) is 2.59. The third kappa shape index (κ3) is 2.76. The number of hydrogen-bond donors (Lipinski definition) is 0. The fourth-order valence-electron chi connectivity index (χ4n) is 4.80. The first-order valence-corrected chi connectivity index (χ1v) is 8.44. The van der Waals surface area contributed by atoms with Crippen molar-refractivity contribution in [3.63, 3.8) is 0 Å². The normalized spacial score (nSPS) is 33.1. The minimum Gasteiger partial charge on any atom is -0.488 e. The molecule has 2 atom stereocenters. The molecule has 5 nitrogen and oxygen atoms in total. The maximum Gasteiger partial charge on any atom is 0.138 e. The van der Waals surface area contributed by atoms with Crippen LogP contribution in [0.3, 0.4) is 0 Å². The van der Waals surface area contributed by atoms with E-state index in [4.69, 9.17) is 4.74 Å². The minimum atomic E-state index is 0. The maximum atomic E-state index is 6.42. The maximum absolute atomic E-state index is 6.42. The van der Waals surface area contributed by atoms with E-state index in [1.165, 1.54) is 32.5 Å². The van der Waals surface area contributed by atoms with E-state index in [0.717, 1.165) is 22.8 Å². The van der Waals surface area contributed by atoms with Crippen LogP contribution in [0.5, 0.6) is 5.75 Å². The van der Waals surface area contributed by atoms with Crippen molar-refractivity contribution in [2.24, 2.45) is 17.8 Å². The second-order valence-electron chi connectivity index (χ2n) is 7.20. The van der Waals surface area contributed by atoms with Crippen molar-refractivity contribution < 1.29 is 4.74 Å². The average molecular weight is 345 g/mol. The van der Waals surface area contributed by atoms with Crippen LogP contribution >= 0.6 is 12.4 Å². The molecule has 4 aliphatic rings. The molecule has 1 aliphatic carbocycles. The molecule has 24 heavy (non-hydrogen) atoms. The second-order valence-corrected chi connectivity index (χ2v) is 7.20. The molecule has 6 rings (SSSR count). The van der Waals surface area contributed by atoms with Gasteiger partial charge in [-0.25, -0.2) is 9.97 Å². The molecule has 2 aromatic heterocycles. The largest absolute Gasteiger partial charge is 0.488 e. The molecule has 2 aromatic rings. The summed E-state index contributed by atoms with van der Waals surface area (Å²) in [6.45, 7) is 3.72. The van der Waals surface area contributed by atoms with Crippen molar-refractivity contribution in [3.8, 4) is 16.9 Å². The first-order valence-electron chi connectivity index (χ1n) is 8.44. The number of nitrogens with zero attached hydrogens (tertiary/aromatic N) is 4. The van der Waals surface area contributed by atoms with Gasteiger partial charge in [0.25, 0.3) is 0 Å². The van der Waals surface area contributed by atoms with Crippen molar-refractivity contribution in [1.82, 2.24) is 19.9 Å². The van der Waals surface area contributed by atoms with Gasteiger partial charge in [0.2, 0.25) is 0 Å². The Kier molecular flexibility index (Phi) is 4.14. The SMILES string of the molecule is Cl.c1ncc(-c2cncc(OC3[C@H]4CC5C[C@H]3CN(C5)C4)c2)cn1. The smallest absolute Gasteiger partial charge is 0.138 e. The van der Waals surface area contributed by atoms with E-state index in [1.54, 1.807) is 6.33 Å². The highest BCUT2D eigenvalue weighted by atomic mass is 35.5. The summed E-state index contributed by atoms with van der Waals surface area (Å²) in [7, 11) is 0. The zero-order valence-corrected chi connectivity index (χ0v) is 14.2. The molecule has 0 aromatic carbocycles. The zero-order valence-electron chi connectivity index (χ0n) is 13.4. The van der Waals surface area contributed by atoms with E-state index in [0.29, 0.717) is 17.9 Å². The lowest BCUT2D eigenvalue weighted by Gasteiger charge is -2.55. The van der Waals surface area contributed by atoms with Crippen LogP contribution in [-0.4, -0.2) is 45.6 Å². The van der Waals surface area contributed by atoms with E-state index in [2.05, 4.69) is 25.9 Å². The Morgan fingerprint density at radius 2 is 1.58 bits per heavy atom. The number of ether oxygens (including phenoxy) is 1. The van der Waals surface area contributed by atoms with Crippen molar-refractivity contribution in [3.05, 3.63) is 37.2 Å². The lowest BCUT2D eigenvalue weighted by atomic mass is 9.66. The quantitative estimate of drug-likeness (QED) is 0.856. The van der Waals surface area contributed by atoms with Gasteiger partial charge >= 0.3 is 0 Å². The number of hydrogen-bond acceptors (Lipinski definition) is 5. The molecule has 0 N–H and O–H groups in total. The van der Waals surface area contributed by atoms with Crippen molar-refractivity contribution in [2.45, 2.75) is 18.9 Å². The molecule has 6 heteroatoms. The predicted molar refractivity (Wildman–Crippen MR) is 93.1 cm³/mol. The van der Waals surface area contributed by atoms with E-state index in [9.17, 15) is 0 Å². The number of rotatable bonds is 3. The van der Waals surface area contributed by atoms with Gasteiger partial charge in [-0.15, -0.1) is 12.4 Å². The van der Waals surface area contributed by atoms with Gasteiger partial charge in [0.1, 0.15) is 18.2 Å². The summed E-state index contributed by atoms with van der Waals surface area (Å²) in [6, 6.07) is 2.07. The van der Waals surface area contributed by atoms with Gasteiger partial charge in [-0.05, 0) is 24.8 Å². The van der Waals surface area contributed by atoms with Gasteiger partial charge in [-0.1, -0.05) is 0 Å². The van der Waals surface area contributed by atoms with Crippen molar-refractivity contribution >= 4 is 12.4 Å². The molecular formula is C18H21ClN4O. The monoisotopic (exact) mass is 344 g/mol. The molecule has 1 saturated carbocycles. The highest BCUT2D eigenvalue weighted by molar-refractivity contribution is 5.85. The topological polar surface area (TPSA) is 51.1 Å². The van der Waals surface area contributed by atoms with Crippen LogP contribution < -0.4 is 4.74 Å². The van der Waals surface area contributed by atoms with Gasteiger partial charge in [-0.3, -0.25) is 4.98 Å². The molecule has 0 unspecified atom stereocenters. The van der Waals surface area contributed by atoms with Crippen LogP contribution in [0.1, 0.15) is 12.8 Å². The predicted octanol–water partition coefficient (Wildman–Crippen LogP) is 2.68. The molecular weight excluding hydrogens is 324 g/mol. The second kappa shape index (κ2) is 6.30. The summed E-state index contributed by atoms with van der Waals surface area (Å²) >= 11 is 0. The Hall–Kier alpha value is -1.72. The molecule has 0 radical (unpaired) electrons. The summed E-state index contributed by atoms with van der Waals surface area (Å²) in [4.78, 5) is 15.1. The zero-order chi connectivity index (χ0) is 15.2. The fourth-order valence-corrected chi connectivity index (χ4v) is 4.80. The van der Waals surface area contributed by atoms with E-state index < -0.39 is 0 Å². The lowest BCUT2D eigenvalue weighted by Crippen LogP contribution is -2.61. The Morgan fingerprint density at radius 3 is 2.29 bits per heavy atom. The van der Waals surface area contributed by atoms with Gasteiger partial charge in [0.05, 0.1) is 6.20 Å². The van der Waals surface area contributed by atoms with Gasteiger partial charge in [0, 0.05) is 61.2 Å². The lowest BCUT2D eigenvalue weighted by molar-refractivity contribution is -0.0985. The van der Waals surface area contributed by atoms with Gasteiger partial charge in [-0.2, -0.15) is 0 Å². The Balaban J connectivity index is 0.00000146. The van der Waals surface area contributed by atoms with Crippen LogP contribution in [0.25, 0.3) is 11.1 Å². The summed E-state index contributed by atoms with van der Waals surface area (Å²) < 4.78 is 6.42. The fraction of sp³-hybridized carbons (Fsp3) is 0.500. The number of halogens is 1. The molecule has 3 saturated heterocycles. The number of piperidine rings is 3. The van der Waals surface area contributed by atoms with Crippen molar-refractivity contribution in [2.75, 3.05) is 19.6 Å². The number of aromatic nitrogens is 3. The Bertz CT molecular complexity index is 683. The molecule has 4 bridgehead atoms. The summed E-state index contributed by atoms with van der Waals surface area (Å²) in [5.41, 5.74) is 1.98. The molecule has 3 aliphatic heterocycles. The van der Waals surface area contributed by atoms with Crippen LogP contribution in [0.4, 0.5) is 0 Å². The van der Waals surface area contributed by atoms with Crippen LogP contribution in [0.15, 0.2) is 37.2 Å². The molecule has 0 spiro atoms. The van der Waals surface area contributed by atoms with E-state index >= 15 is 0 Å². The summed E-state index contributed by atoms with van der Waals surface area (Å²) in [6.07, 6.45) is 11.9. The van der Waals surface area contributed by atoms with E-state index in [-0.39, 0.29) is 12.4 Å². The van der Waals surface area contributed by atoms with Crippen LogP contribution in [0.2, 0.25) is 0 Å². The van der Waals surface area contributed by atoms with E-state index in [1.807, 2.05) is 24.8 Å². The van der Waals surface area contributed by atoms with Crippen molar-refractivity contribution in [1.29, 1.82) is 0 Å². The Morgan fingerprint density at radius 1 is 0.875 bits per heavy atom. The Labute approximate surface area is 147 Å². The van der Waals surface area contributed by atoms with Gasteiger partial charge in [0.15, 0.2) is 0 Å². The number of pyridine rings is 1. The first kappa shape index (κ1) is 15.8. The third-order valence-corrected chi connectivity index (χ3v) is 5.58. The summed E-state index contributed by atoms with van der Waals surface area (Å²) in [5.74, 6) is 3.15. The van der Waals surface area contributed by atoms with Crippen LogP contribution in [0, 0.1) is 17.8 Å². The third-order valence-electron chi connectivity index (χ3n) is 5.58.